The third-order valence-electron chi connectivity index (χ3n) is 34.0. The van der Waals surface area contributed by atoms with Crippen molar-refractivity contribution in [2.75, 3.05) is 81.1 Å². The van der Waals surface area contributed by atoms with Crippen LogP contribution in [0.5, 0.6) is 0 Å². The predicted molar refractivity (Wildman–Crippen MR) is 543 cm³/mol. The van der Waals surface area contributed by atoms with Gasteiger partial charge >= 0.3 is 36.2 Å². The Labute approximate surface area is 848 Å². The summed E-state index contributed by atoms with van der Waals surface area (Å²) >= 11 is 1.33. The number of allylic oxidation sites excluding steroid dienone is 2. The molecule has 2 aromatic heterocycles. The molecule has 6 aliphatic carbocycles. The maximum absolute atomic E-state index is 13.2. The van der Waals surface area contributed by atoms with E-state index >= 15 is 0 Å². The first kappa shape index (κ1) is 108. The van der Waals surface area contributed by atoms with E-state index in [9.17, 15) is 86.3 Å². The van der Waals surface area contributed by atoms with Gasteiger partial charge in [-0.05, 0) is 177 Å². The number of benzene rings is 4. The van der Waals surface area contributed by atoms with Crippen molar-refractivity contribution < 1.29 is 86.3 Å². The fourth-order valence-corrected chi connectivity index (χ4v) is 24.8. The lowest BCUT2D eigenvalue weighted by molar-refractivity contribution is -0.135. The number of imide groups is 6. The number of carbonyl (C=O) groups is 18. The van der Waals surface area contributed by atoms with Crippen LogP contribution < -0.4 is 0 Å². The van der Waals surface area contributed by atoms with Crippen LogP contribution in [0.25, 0.3) is 0 Å². The molecule has 0 radical (unpaired) electrons. The van der Waals surface area contributed by atoms with Gasteiger partial charge in [0.25, 0.3) is 35.4 Å². The smallest absolute Gasteiger partial charge is 0.313 e. The molecule has 2 bridgehead atoms. The third kappa shape index (κ3) is 20.8. The Kier molecular flexibility index (Phi) is 34.1. The molecule has 6 saturated heterocycles. The van der Waals surface area contributed by atoms with Crippen LogP contribution in [-0.2, 0) is 35.8 Å². The Morgan fingerprint density at radius 1 is 0.347 bits per heavy atom. The zero-order valence-corrected chi connectivity index (χ0v) is 87.1. The topological polar surface area (TPSA) is 364 Å². The molecule has 8 heterocycles. The minimum absolute atomic E-state index is 0.0702. The summed E-state index contributed by atoms with van der Waals surface area (Å²) in [6, 6.07) is 36.5. The first-order valence-electron chi connectivity index (χ1n) is 51.2. The van der Waals surface area contributed by atoms with Crippen LogP contribution >= 0.6 is 11.3 Å². The summed E-state index contributed by atoms with van der Waals surface area (Å²) < 4.78 is 1.53. The molecule has 6 aliphatic heterocycles. The van der Waals surface area contributed by atoms with E-state index in [1.165, 1.54) is 44.9 Å². The lowest BCUT2D eigenvalue weighted by Gasteiger charge is -2.40. The van der Waals surface area contributed by atoms with Crippen LogP contribution in [0, 0.1) is 53.3 Å². The number of thiophene rings is 1. The van der Waals surface area contributed by atoms with Gasteiger partial charge in [0.2, 0.25) is 0 Å². The fraction of sp³-hybridized carbons (Fsp3) is 0.541. The van der Waals surface area contributed by atoms with Gasteiger partial charge in [-0.1, -0.05) is 237 Å². The molecule has 0 spiro atoms. The molecule has 770 valence electrons. The number of Topliss-reactive ketones (excluding diaryl/α,β-unsaturated/α-hetero) is 6. The average Bonchev–Trinajstić information content (AvgIpc) is 1.56. The van der Waals surface area contributed by atoms with Crippen molar-refractivity contribution in [3.05, 3.63) is 196 Å². The summed E-state index contributed by atoms with van der Waals surface area (Å²) in [6.45, 7) is 18.6. The number of ketones is 6. The van der Waals surface area contributed by atoms with Crippen LogP contribution in [0.2, 0.25) is 0 Å². The SMILES string of the molecule is CC1CCC(C2(C)C(=O)N(CC(=O)c3ccccc3)C(=O)N2C)CC1.CCC(CC)C1(C)C(=O)N(CC(=O)c2ccccc2)C(=O)N1C.CCN1C(=O)N(CC(=O)c2ccccc2)C(=O)C1(C)C1CCCC1.CN1C(=O)N(CC(=O)c2ccccc2)C(=O)C1(C)C1C[C@H]2C=C[C@@H]1C2.CN1C(=O)N(CC(=O)c2cccs2)C(=O)C1(C)C1CCCCC1.CN1C(=O)N(CC(=O)c2cnn(C)c2)C(=O)C1(C)C1CCCCC1. The van der Waals surface area contributed by atoms with E-state index in [-0.39, 0.29) is 175 Å². The number of rotatable bonds is 27. The molecule has 4 aromatic carbocycles. The number of aromatic nitrogens is 2. The average molecular weight is 1990 g/mol. The van der Waals surface area contributed by atoms with Gasteiger partial charge in [-0.2, -0.15) is 5.10 Å². The van der Waals surface area contributed by atoms with Crippen LogP contribution in [0.15, 0.2) is 163 Å². The first-order chi connectivity index (χ1) is 68.5. The molecule has 9 atom stereocenters. The van der Waals surface area contributed by atoms with Gasteiger partial charge in [-0.3, -0.25) is 91.6 Å². The van der Waals surface area contributed by atoms with E-state index in [4.69, 9.17) is 0 Å². The van der Waals surface area contributed by atoms with Gasteiger partial charge in [-0.15, -0.1) is 11.3 Å². The number of hydrogen-bond acceptors (Lipinski definition) is 20. The lowest BCUT2D eigenvalue weighted by atomic mass is 9.72. The molecular weight excluding hydrogens is 1850 g/mol. The molecule has 6 aromatic rings. The number of carbonyl (C=O) groups excluding carboxylic acids is 18. The number of aryl methyl sites for hydroxylation is 1. The largest absolute Gasteiger partial charge is 0.328 e. The molecule has 18 rings (SSSR count). The van der Waals surface area contributed by atoms with Crippen LogP contribution in [0.3, 0.4) is 0 Å². The number of amides is 18. The van der Waals surface area contributed by atoms with Crippen LogP contribution in [0.4, 0.5) is 28.8 Å². The molecule has 144 heavy (non-hydrogen) atoms. The van der Waals surface area contributed by atoms with Crippen molar-refractivity contribution in [2.24, 2.45) is 60.3 Å². The van der Waals surface area contributed by atoms with Crippen LogP contribution in [-0.4, -0.2) is 289 Å². The number of urea groups is 6. The molecule has 11 fully saturated rings. The van der Waals surface area contributed by atoms with E-state index in [0.717, 1.165) is 158 Å². The highest BCUT2D eigenvalue weighted by Gasteiger charge is 2.65. The molecule has 5 saturated carbocycles. The highest BCUT2D eigenvalue weighted by atomic mass is 32.1. The quantitative estimate of drug-likeness (QED) is 0.0262. The van der Waals surface area contributed by atoms with Gasteiger partial charge in [0.05, 0.1) is 55.9 Å². The van der Waals surface area contributed by atoms with E-state index in [1.54, 1.807) is 184 Å². The minimum Gasteiger partial charge on any atom is -0.313 e. The minimum atomic E-state index is -0.877. The van der Waals surface area contributed by atoms with Crippen LogP contribution in [0.1, 0.15) is 272 Å². The van der Waals surface area contributed by atoms with E-state index in [2.05, 4.69) is 24.2 Å². The molecule has 12 aliphatic rings. The standard InChI is InChI=1S/C20H22N2O3.C20H26N2O3.C19H24N2O3.C18H24N2O3.C17H24N4O3.C17H22N2O3S/c1-20(16-11-13-8-9-15(16)10-13)18(24)22(19(25)21(20)2)12-17(23)14-6-4-3-5-7-14;1-14-9-11-16(12-10-14)20(2)18(24)22(19(25)21(20)3)13-17(23)15-7-5-4-6-8-15;1-3-21-18(24)20(13-16(22)14-9-5-4-6-10-14)17(23)19(21,2)15-11-7-8-12-15;1-5-14(6-2)18(3)16(22)20(17(23)19(18)4)12-15(21)13-10-8-7-9-11-13;1-17(13-7-5-4-6-8-13)15(23)21(16(24)20(17)3)11-14(22)12-9-18-19(2)10-12;1-17(12-7-4-3-5-8-12)15(21)19(16(22)18(17)2)11-13(20)14-9-6-10-23-14/h3-9,13,15-16H,10-12H2,1-2H3;4-8,14,16H,9-13H2,1-3H3;4-6,9-10,15H,3,7-8,11-13H2,1-2H3;7-11,14H,5-6,12H2,1-4H3;9-10,13H,4-8,11H2,1-3H3;6,9-10,12H,3-5,7-8,11H2,1-2H3/t13-,15+,16?,20?;;;;;/m0...../s1. The van der Waals surface area contributed by atoms with E-state index < -0.39 is 39.3 Å². The second kappa shape index (κ2) is 45.2. The molecule has 33 heteroatoms. The highest BCUT2D eigenvalue weighted by molar-refractivity contribution is 7.12. The summed E-state index contributed by atoms with van der Waals surface area (Å²) in [7, 11) is 10.1. The van der Waals surface area contributed by atoms with E-state index in [0.29, 0.717) is 57.0 Å². The Bertz CT molecular complexity index is 5830. The maximum atomic E-state index is 13.2. The fourth-order valence-electron chi connectivity index (χ4n) is 24.2. The Morgan fingerprint density at radius 3 is 1.00 bits per heavy atom. The first-order valence-corrected chi connectivity index (χ1v) is 52.1. The van der Waals surface area contributed by atoms with Gasteiger partial charge < -0.3 is 29.4 Å². The number of fused-ring (bicyclic) bond motifs is 2. The van der Waals surface area contributed by atoms with Gasteiger partial charge in [-0.25, -0.2) is 28.8 Å². The van der Waals surface area contributed by atoms with Crippen molar-refractivity contribution >= 4 is 118 Å². The predicted octanol–water partition coefficient (Wildman–Crippen LogP) is 17.1. The molecule has 32 nitrogen and oxygen atoms in total. The van der Waals surface area contributed by atoms with Crippen molar-refractivity contribution in [2.45, 2.75) is 244 Å². The maximum Gasteiger partial charge on any atom is 0.328 e. The molecular formula is C111H142N14O18S. The second-order valence-electron chi connectivity index (χ2n) is 41.9. The Hall–Kier alpha value is -12.8. The summed E-state index contributed by atoms with van der Waals surface area (Å²) in [5.74, 6) is -0.332. The lowest BCUT2D eigenvalue weighted by Crippen LogP contribution is -2.52. The monoisotopic (exact) mass is 1990 g/mol. The number of hydrogen-bond donors (Lipinski definition) is 0. The zero-order valence-electron chi connectivity index (χ0n) is 86.3. The Balaban J connectivity index is 0.000000145. The third-order valence-corrected chi connectivity index (χ3v) is 35.0. The summed E-state index contributed by atoms with van der Waals surface area (Å²) in [6.07, 6.45) is 29.8. The van der Waals surface area contributed by atoms with Crippen molar-refractivity contribution in [1.29, 1.82) is 0 Å². The summed E-state index contributed by atoms with van der Waals surface area (Å²) in [5.41, 5.74) is -2.56. The Morgan fingerprint density at radius 2 is 0.667 bits per heavy atom. The van der Waals surface area contributed by atoms with Crippen molar-refractivity contribution in [3.8, 4) is 0 Å². The molecule has 0 N–H and O–H groups in total. The summed E-state index contributed by atoms with van der Waals surface area (Å²) in [4.78, 5) is 245. The molecule has 18 amide bonds. The second-order valence-corrected chi connectivity index (χ2v) is 42.8. The van der Waals surface area contributed by atoms with Gasteiger partial charge in [0.15, 0.2) is 34.7 Å². The van der Waals surface area contributed by atoms with Gasteiger partial charge in [0, 0.05) is 77.3 Å². The number of nitrogens with zero attached hydrogens (tertiary/aromatic N) is 14. The van der Waals surface area contributed by atoms with Crippen molar-refractivity contribution in [1.82, 2.24) is 68.6 Å². The summed E-state index contributed by atoms with van der Waals surface area (Å²) in [5, 5.41) is 5.78. The van der Waals surface area contributed by atoms with Gasteiger partial charge in [0.1, 0.15) is 33.2 Å². The zero-order chi connectivity index (χ0) is 105. The normalized spacial score (nSPS) is 27.1. The molecule has 7 unspecified atom stereocenters. The van der Waals surface area contributed by atoms with E-state index in [1.807, 2.05) is 85.0 Å². The highest BCUT2D eigenvalue weighted by Crippen LogP contribution is 2.53. The van der Waals surface area contributed by atoms with Crippen molar-refractivity contribution in [3.63, 3.8) is 0 Å². The number of likely N-dealkylation sites (N-methyl/N-ethyl adjacent to an activating group) is 6.